The molecule has 1 unspecified atom stereocenters. The number of aliphatic imine (C=N–C) groups is 1. The Bertz CT molecular complexity index is 835. The van der Waals surface area contributed by atoms with E-state index < -0.39 is 0 Å². The largest absolute Gasteiger partial charge is 0.493 e. The van der Waals surface area contributed by atoms with Gasteiger partial charge in [0.05, 0.1) is 13.2 Å². The van der Waals surface area contributed by atoms with Crippen LogP contribution >= 0.6 is 0 Å². The van der Waals surface area contributed by atoms with Crippen molar-refractivity contribution >= 4 is 11.6 Å². The van der Waals surface area contributed by atoms with Crippen LogP contribution in [0.25, 0.3) is 0 Å². The van der Waals surface area contributed by atoms with E-state index in [4.69, 9.17) is 9.47 Å². The number of nitrogens with one attached hydrogen (secondary N) is 2. The molecule has 32 heavy (non-hydrogen) atoms. The van der Waals surface area contributed by atoms with Crippen LogP contribution in [0.3, 0.4) is 0 Å². The molecule has 0 radical (unpaired) electrons. The van der Waals surface area contributed by atoms with Gasteiger partial charge in [-0.1, -0.05) is 30.3 Å². The average molecular weight is 439 g/mol. The molecule has 6 heteroatoms. The number of guanidine groups is 1. The zero-order chi connectivity index (χ0) is 22.6. The Morgan fingerprint density at radius 3 is 2.75 bits per heavy atom. The van der Waals surface area contributed by atoms with Crippen LogP contribution in [0.5, 0.6) is 5.75 Å². The number of rotatable bonds is 11. The van der Waals surface area contributed by atoms with Crippen molar-refractivity contribution in [2.75, 3.05) is 51.9 Å². The van der Waals surface area contributed by atoms with Gasteiger partial charge in [0.1, 0.15) is 5.75 Å². The van der Waals surface area contributed by atoms with E-state index >= 15 is 0 Å². The summed E-state index contributed by atoms with van der Waals surface area (Å²) in [7, 11) is 3.95. The van der Waals surface area contributed by atoms with E-state index in [9.17, 15) is 0 Å². The van der Waals surface area contributed by atoms with Gasteiger partial charge in [-0.05, 0) is 49.9 Å². The lowest BCUT2D eigenvalue weighted by Crippen LogP contribution is -2.37. The predicted molar refractivity (Wildman–Crippen MR) is 133 cm³/mol. The summed E-state index contributed by atoms with van der Waals surface area (Å²) in [6, 6.07) is 16.9. The van der Waals surface area contributed by atoms with E-state index in [0.29, 0.717) is 19.1 Å². The molecule has 1 saturated heterocycles. The van der Waals surface area contributed by atoms with Gasteiger partial charge in [0, 0.05) is 57.5 Å². The molecule has 0 aliphatic carbocycles. The Morgan fingerprint density at radius 2 is 2.00 bits per heavy atom. The summed E-state index contributed by atoms with van der Waals surface area (Å²) < 4.78 is 11.6. The Kier molecular flexibility index (Phi) is 9.69. The SMILES string of the molecule is CN=C(NCCCCN(C)c1ccccc1)NCc1ccc(C)cc1OCC1CCOC1. The summed E-state index contributed by atoms with van der Waals surface area (Å²) in [5, 5.41) is 6.85. The molecule has 0 saturated carbocycles. The molecule has 2 aromatic rings. The van der Waals surface area contributed by atoms with E-state index in [0.717, 1.165) is 62.8 Å². The van der Waals surface area contributed by atoms with Crippen LogP contribution in [0.1, 0.15) is 30.4 Å². The van der Waals surface area contributed by atoms with Crippen molar-refractivity contribution in [1.29, 1.82) is 0 Å². The van der Waals surface area contributed by atoms with Crippen molar-refractivity contribution in [3.8, 4) is 5.75 Å². The molecule has 1 fully saturated rings. The van der Waals surface area contributed by atoms with Gasteiger partial charge in [-0.15, -0.1) is 0 Å². The molecule has 174 valence electrons. The standard InChI is InChI=1S/C26H38N4O2/c1-21-11-12-23(25(17-21)32-20-22-13-16-31-19-22)18-29-26(27-2)28-14-7-8-15-30(3)24-9-5-4-6-10-24/h4-6,9-12,17,22H,7-8,13-16,18-20H2,1-3H3,(H2,27,28,29). The molecule has 0 amide bonds. The molecule has 2 aromatic carbocycles. The number of hydrogen-bond acceptors (Lipinski definition) is 4. The summed E-state index contributed by atoms with van der Waals surface area (Å²) in [6.45, 7) is 7.06. The van der Waals surface area contributed by atoms with Crippen molar-refractivity contribution < 1.29 is 9.47 Å². The lowest BCUT2D eigenvalue weighted by Gasteiger charge is -2.19. The third kappa shape index (κ3) is 7.75. The van der Waals surface area contributed by atoms with Gasteiger partial charge in [0.25, 0.3) is 0 Å². The Labute approximate surface area is 193 Å². The highest BCUT2D eigenvalue weighted by atomic mass is 16.5. The maximum absolute atomic E-state index is 6.15. The predicted octanol–water partition coefficient (Wildman–Crippen LogP) is 3.99. The van der Waals surface area contributed by atoms with E-state index in [1.807, 2.05) is 7.05 Å². The maximum atomic E-state index is 6.15. The zero-order valence-electron chi connectivity index (χ0n) is 19.8. The molecule has 1 aliphatic heterocycles. The fourth-order valence-electron chi connectivity index (χ4n) is 3.76. The fraction of sp³-hybridized carbons (Fsp3) is 0.500. The van der Waals surface area contributed by atoms with Crippen LogP contribution in [-0.2, 0) is 11.3 Å². The first-order chi connectivity index (χ1) is 15.7. The summed E-state index contributed by atoms with van der Waals surface area (Å²) in [4.78, 5) is 6.66. The second-order valence-electron chi connectivity index (χ2n) is 8.47. The van der Waals surface area contributed by atoms with Crippen LogP contribution in [0.2, 0.25) is 0 Å². The van der Waals surface area contributed by atoms with Crippen LogP contribution in [0.4, 0.5) is 5.69 Å². The van der Waals surface area contributed by atoms with Gasteiger partial charge >= 0.3 is 0 Å². The molecule has 1 atom stereocenters. The minimum absolute atomic E-state index is 0.492. The van der Waals surface area contributed by atoms with E-state index in [-0.39, 0.29) is 0 Å². The second kappa shape index (κ2) is 13.0. The highest BCUT2D eigenvalue weighted by Crippen LogP contribution is 2.22. The van der Waals surface area contributed by atoms with E-state index in [1.165, 1.54) is 11.3 Å². The van der Waals surface area contributed by atoms with Gasteiger partial charge in [-0.25, -0.2) is 0 Å². The lowest BCUT2D eigenvalue weighted by molar-refractivity contribution is 0.166. The first-order valence-corrected chi connectivity index (χ1v) is 11.7. The van der Waals surface area contributed by atoms with Crippen molar-refractivity contribution in [1.82, 2.24) is 10.6 Å². The summed E-state index contributed by atoms with van der Waals surface area (Å²) in [5.41, 5.74) is 3.60. The van der Waals surface area contributed by atoms with Crippen molar-refractivity contribution in [3.05, 3.63) is 59.7 Å². The molecule has 0 aromatic heterocycles. The zero-order valence-corrected chi connectivity index (χ0v) is 19.8. The highest BCUT2D eigenvalue weighted by molar-refractivity contribution is 5.79. The van der Waals surface area contributed by atoms with Crippen LogP contribution in [0, 0.1) is 12.8 Å². The van der Waals surface area contributed by atoms with Crippen LogP contribution < -0.4 is 20.3 Å². The number of nitrogens with zero attached hydrogens (tertiary/aromatic N) is 2. The maximum Gasteiger partial charge on any atom is 0.191 e. The lowest BCUT2D eigenvalue weighted by atomic mass is 10.1. The molecule has 3 rings (SSSR count). The summed E-state index contributed by atoms with van der Waals surface area (Å²) >= 11 is 0. The monoisotopic (exact) mass is 438 g/mol. The summed E-state index contributed by atoms with van der Waals surface area (Å²) in [6.07, 6.45) is 3.29. The Balaban J connectivity index is 1.39. The third-order valence-electron chi connectivity index (χ3n) is 5.80. The van der Waals surface area contributed by atoms with E-state index in [1.54, 1.807) is 0 Å². The van der Waals surface area contributed by atoms with Crippen molar-refractivity contribution in [2.24, 2.45) is 10.9 Å². The molecule has 0 spiro atoms. The first kappa shape index (κ1) is 23.9. The third-order valence-corrected chi connectivity index (χ3v) is 5.80. The number of anilines is 1. The molecule has 2 N–H and O–H groups in total. The molecule has 1 heterocycles. The van der Waals surface area contributed by atoms with Gasteiger partial charge in [0.15, 0.2) is 5.96 Å². The van der Waals surface area contributed by atoms with Crippen molar-refractivity contribution in [2.45, 2.75) is 32.7 Å². The average Bonchev–Trinajstić information content (AvgIpc) is 3.34. The van der Waals surface area contributed by atoms with Gasteiger partial charge in [-0.3, -0.25) is 4.99 Å². The molecule has 1 aliphatic rings. The number of unbranched alkanes of at least 4 members (excludes halogenated alkanes) is 1. The van der Waals surface area contributed by atoms with Gasteiger partial charge in [-0.2, -0.15) is 0 Å². The minimum Gasteiger partial charge on any atom is -0.493 e. The normalized spacial score (nSPS) is 16.1. The van der Waals surface area contributed by atoms with Gasteiger partial charge in [0.2, 0.25) is 0 Å². The van der Waals surface area contributed by atoms with E-state index in [2.05, 4.69) is 83.0 Å². The molecular formula is C26H38N4O2. The number of aryl methyl sites for hydroxylation is 1. The van der Waals surface area contributed by atoms with Crippen molar-refractivity contribution in [3.63, 3.8) is 0 Å². The minimum atomic E-state index is 0.492. The van der Waals surface area contributed by atoms with Gasteiger partial charge < -0.3 is 25.0 Å². The number of para-hydroxylation sites is 1. The number of benzene rings is 2. The number of hydrogen-bond donors (Lipinski definition) is 2. The molecule has 6 nitrogen and oxygen atoms in total. The highest BCUT2D eigenvalue weighted by Gasteiger charge is 2.17. The fourth-order valence-corrected chi connectivity index (χ4v) is 3.76. The Hall–Kier alpha value is -2.73. The second-order valence-corrected chi connectivity index (χ2v) is 8.47. The first-order valence-electron chi connectivity index (χ1n) is 11.7. The van der Waals surface area contributed by atoms with Crippen LogP contribution in [0.15, 0.2) is 53.5 Å². The Morgan fingerprint density at radius 1 is 1.16 bits per heavy atom. The smallest absolute Gasteiger partial charge is 0.191 e. The molecule has 0 bridgehead atoms. The topological polar surface area (TPSA) is 58.1 Å². The van der Waals surface area contributed by atoms with Crippen LogP contribution in [-0.4, -0.2) is 53.0 Å². The summed E-state index contributed by atoms with van der Waals surface area (Å²) in [5.74, 6) is 2.26. The number of ether oxygens (including phenoxy) is 2. The quantitative estimate of drug-likeness (QED) is 0.316. The molecular weight excluding hydrogens is 400 g/mol.